The summed E-state index contributed by atoms with van der Waals surface area (Å²) in [5, 5.41) is 0. The van der Waals surface area contributed by atoms with E-state index >= 15 is 0 Å². The van der Waals surface area contributed by atoms with E-state index < -0.39 is 0 Å². The molecule has 3 heteroatoms. The van der Waals surface area contributed by atoms with Gasteiger partial charge in [-0.3, -0.25) is 4.90 Å². The Morgan fingerprint density at radius 3 is 2.33 bits per heavy atom. The molecule has 0 N–H and O–H groups in total. The van der Waals surface area contributed by atoms with Crippen LogP contribution in [0.1, 0.15) is 19.4 Å². The van der Waals surface area contributed by atoms with E-state index in [2.05, 4.69) is 18.7 Å². The summed E-state index contributed by atoms with van der Waals surface area (Å²) >= 11 is 5.73. The molecule has 0 aliphatic carbocycles. The van der Waals surface area contributed by atoms with E-state index in [4.69, 9.17) is 11.6 Å². The zero-order valence-corrected chi connectivity index (χ0v) is 9.97. The third-order valence-corrected chi connectivity index (χ3v) is 2.57. The summed E-state index contributed by atoms with van der Waals surface area (Å²) in [5.41, 5.74) is 1.12. The molecule has 0 radical (unpaired) electrons. The maximum atomic E-state index is 12.7. The third-order valence-electron chi connectivity index (χ3n) is 2.40. The molecule has 84 valence electrons. The van der Waals surface area contributed by atoms with Crippen molar-refractivity contribution < 1.29 is 4.39 Å². The number of nitrogens with zero attached hydrogens (tertiary/aromatic N) is 1. The van der Waals surface area contributed by atoms with Crippen molar-refractivity contribution in [3.8, 4) is 0 Å². The first-order valence-electron chi connectivity index (χ1n) is 5.18. The second-order valence-corrected chi connectivity index (χ2v) is 4.26. The van der Waals surface area contributed by atoms with Gasteiger partial charge in [-0.05, 0) is 31.5 Å². The first-order valence-corrected chi connectivity index (χ1v) is 5.71. The lowest BCUT2D eigenvalue weighted by atomic mass is 10.2. The summed E-state index contributed by atoms with van der Waals surface area (Å²) in [6.45, 7) is 5.95. The SMILES string of the molecule is CC(C)N(CCCl)Cc1ccc(F)cc1. The fourth-order valence-corrected chi connectivity index (χ4v) is 1.67. The van der Waals surface area contributed by atoms with E-state index in [1.165, 1.54) is 12.1 Å². The molecule has 0 amide bonds. The van der Waals surface area contributed by atoms with Gasteiger partial charge >= 0.3 is 0 Å². The number of hydrogen-bond acceptors (Lipinski definition) is 1. The van der Waals surface area contributed by atoms with Gasteiger partial charge < -0.3 is 0 Å². The number of halogens is 2. The Kier molecular flexibility index (Phi) is 5.06. The molecule has 0 aromatic heterocycles. The van der Waals surface area contributed by atoms with E-state index in [0.29, 0.717) is 11.9 Å². The van der Waals surface area contributed by atoms with Gasteiger partial charge in [0.05, 0.1) is 0 Å². The van der Waals surface area contributed by atoms with Crippen molar-refractivity contribution in [2.45, 2.75) is 26.4 Å². The minimum Gasteiger partial charge on any atom is -0.296 e. The Hall–Kier alpha value is -0.600. The third kappa shape index (κ3) is 4.18. The van der Waals surface area contributed by atoms with Crippen LogP contribution < -0.4 is 0 Å². The number of alkyl halides is 1. The van der Waals surface area contributed by atoms with Crippen molar-refractivity contribution >= 4 is 11.6 Å². The van der Waals surface area contributed by atoms with Crippen molar-refractivity contribution in [1.82, 2.24) is 4.90 Å². The van der Waals surface area contributed by atoms with Gasteiger partial charge in [-0.15, -0.1) is 11.6 Å². The topological polar surface area (TPSA) is 3.24 Å². The van der Waals surface area contributed by atoms with Crippen molar-refractivity contribution in [3.63, 3.8) is 0 Å². The Balaban J connectivity index is 2.61. The van der Waals surface area contributed by atoms with Gasteiger partial charge in [0, 0.05) is 25.0 Å². The fourth-order valence-electron chi connectivity index (χ4n) is 1.45. The highest BCUT2D eigenvalue weighted by Gasteiger charge is 2.08. The molecule has 0 unspecified atom stereocenters. The van der Waals surface area contributed by atoms with E-state index in [1.807, 2.05) is 12.1 Å². The smallest absolute Gasteiger partial charge is 0.123 e. The molecule has 1 aromatic carbocycles. The van der Waals surface area contributed by atoms with Crippen LogP contribution in [0.3, 0.4) is 0 Å². The van der Waals surface area contributed by atoms with Gasteiger partial charge in [0.1, 0.15) is 5.82 Å². The van der Waals surface area contributed by atoms with Gasteiger partial charge in [-0.25, -0.2) is 4.39 Å². The first kappa shape index (κ1) is 12.5. The van der Waals surface area contributed by atoms with Gasteiger partial charge in [-0.2, -0.15) is 0 Å². The molecule has 1 aromatic rings. The highest BCUT2D eigenvalue weighted by molar-refractivity contribution is 6.18. The summed E-state index contributed by atoms with van der Waals surface area (Å²) in [4.78, 5) is 2.26. The molecule has 0 aliphatic rings. The Morgan fingerprint density at radius 1 is 1.27 bits per heavy atom. The quantitative estimate of drug-likeness (QED) is 0.701. The predicted molar refractivity (Wildman–Crippen MR) is 62.7 cm³/mol. The van der Waals surface area contributed by atoms with E-state index in [9.17, 15) is 4.39 Å². The maximum Gasteiger partial charge on any atom is 0.123 e. The van der Waals surface area contributed by atoms with Crippen molar-refractivity contribution in [3.05, 3.63) is 35.6 Å². The lowest BCUT2D eigenvalue weighted by Gasteiger charge is -2.25. The molecule has 1 nitrogen and oxygen atoms in total. The number of benzene rings is 1. The van der Waals surface area contributed by atoms with Crippen LogP contribution in [0, 0.1) is 5.82 Å². The van der Waals surface area contributed by atoms with Crippen LogP contribution in [0.25, 0.3) is 0 Å². The van der Waals surface area contributed by atoms with Crippen LogP contribution in [0.2, 0.25) is 0 Å². The molecule has 0 saturated carbocycles. The van der Waals surface area contributed by atoms with Crippen molar-refractivity contribution in [2.75, 3.05) is 12.4 Å². The molecule has 15 heavy (non-hydrogen) atoms. The number of rotatable bonds is 5. The predicted octanol–water partition coefficient (Wildman–Crippen LogP) is 3.27. The Labute approximate surface area is 95.8 Å². The average Bonchev–Trinajstić information content (AvgIpc) is 2.20. The number of hydrogen-bond donors (Lipinski definition) is 0. The lowest BCUT2D eigenvalue weighted by Crippen LogP contribution is -2.32. The minimum atomic E-state index is -0.188. The molecule has 0 saturated heterocycles. The van der Waals surface area contributed by atoms with E-state index in [0.717, 1.165) is 18.7 Å². The van der Waals surface area contributed by atoms with Crippen LogP contribution in [0.5, 0.6) is 0 Å². The molecule has 0 aliphatic heterocycles. The Bertz CT molecular complexity index is 284. The molecule has 1 rings (SSSR count). The molecule has 0 spiro atoms. The average molecular weight is 230 g/mol. The largest absolute Gasteiger partial charge is 0.296 e. The van der Waals surface area contributed by atoms with Gasteiger partial charge in [0.25, 0.3) is 0 Å². The van der Waals surface area contributed by atoms with Crippen LogP contribution in [-0.4, -0.2) is 23.4 Å². The summed E-state index contributed by atoms with van der Waals surface area (Å²) < 4.78 is 12.7. The molecule has 0 fully saturated rings. The normalized spacial score (nSPS) is 11.3. The van der Waals surface area contributed by atoms with Crippen LogP contribution in [0.15, 0.2) is 24.3 Å². The second kappa shape index (κ2) is 6.09. The van der Waals surface area contributed by atoms with Crippen LogP contribution in [0.4, 0.5) is 4.39 Å². The monoisotopic (exact) mass is 229 g/mol. The summed E-state index contributed by atoms with van der Waals surface area (Å²) in [7, 11) is 0. The summed E-state index contributed by atoms with van der Waals surface area (Å²) in [5.74, 6) is 0.437. The molecule has 0 atom stereocenters. The van der Waals surface area contributed by atoms with Gasteiger partial charge in [0.2, 0.25) is 0 Å². The van der Waals surface area contributed by atoms with Gasteiger partial charge in [-0.1, -0.05) is 12.1 Å². The molecular formula is C12H17ClFN. The van der Waals surface area contributed by atoms with Gasteiger partial charge in [0.15, 0.2) is 0 Å². The molecule has 0 heterocycles. The standard InChI is InChI=1S/C12H17ClFN/c1-10(2)15(8-7-13)9-11-3-5-12(14)6-4-11/h3-6,10H,7-9H2,1-2H3. The fraction of sp³-hybridized carbons (Fsp3) is 0.500. The summed E-state index contributed by atoms with van der Waals surface area (Å²) in [6, 6.07) is 7.08. The van der Waals surface area contributed by atoms with Crippen molar-refractivity contribution in [1.29, 1.82) is 0 Å². The highest BCUT2D eigenvalue weighted by Crippen LogP contribution is 2.09. The lowest BCUT2D eigenvalue weighted by molar-refractivity contribution is 0.226. The Morgan fingerprint density at radius 2 is 1.87 bits per heavy atom. The summed E-state index contributed by atoms with van der Waals surface area (Å²) in [6.07, 6.45) is 0. The van der Waals surface area contributed by atoms with E-state index in [-0.39, 0.29) is 5.82 Å². The molecule has 0 bridgehead atoms. The van der Waals surface area contributed by atoms with E-state index in [1.54, 1.807) is 0 Å². The van der Waals surface area contributed by atoms with Crippen LogP contribution in [-0.2, 0) is 6.54 Å². The minimum absolute atomic E-state index is 0.188. The second-order valence-electron chi connectivity index (χ2n) is 3.88. The first-order chi connectivity index (χ1) is 7.13. The highest BCUT2D eigenvalue weighted by atomic mass is 35.5. The zero-order valence-electron chi connectivity index (χ0n) is 9.21. The zero-order chi connectivity index (χ0) is 11.3. The maximum absolute atomic E-state index is 12.7. The molecular weight excluding hydrogens is 213 g/mol. The van der Waals surface area contributed by atoms with Crippen LogP contribution >= 0.6 is 11.6 Å². The van der Waals surface area contributed by atoms with Crippen molar-refractivity contribution in [2.24, 2.45) is 0 Å².